The highest BCUT2D eigenvalue weighted by molar-refractivity contribution is 6.35. The second-order valence-electron chi connectivity index (χ2n) is 8.38. The van der Waals surface area contributed by atoms with Gasteiger partial charge in [-0.2, -0.15) is 13.2 Å². The van der Waals surface area contributed by atoms with Gasteiger partial charge < -0.3 is 26.3 Å². The first-order valence-corrected chi connectivity index (χ1v) is 11.3. The predicted octanol–water partition coefficient (Wildman–Crippen LogP) is 7.05. The number of carbonyl (C=O) groups excluding carboxylic acids is 2. The summed E-state index contributed by atoms with van der Waals surface area (Å²) in [6, 6.07) is 16.0. The van der Waals surface area contributed by atoms with Crippen LogP contribution in [0.3, 0.4) is 0 Å². The Morgan fingerprint density at radius 3 is 2.42 bits per heavy atom. The van der Waals surface area contributed by atoms with Crippen LogP contribution in [-0.2, 0) is 11.0 Å². The molecule has 0 unspecified atom stereocenters. The molecule has 7 nitrogen and oxygen atoms in total. The Kier molecular flexibility index (Phi) is 6.33. The maximum absolute atomic E-state index is 14.4. The number of rotatable bonds is 5. The number of amides is 3. The molecule has 5 rings (SSSR count). The molecule has 0 saturated heterocycles. The number of alkyl halides is 3. The van der Waals surface area contributed by atoms with Crippen molar-refractivity contribution in [3.05, 3.63) is 102 Å². The van der Waals surface area contributed by atoms with Gasteiger partial charge in [0.1, 0.15) is 5.82 Å². The SMILES string of the molecule is O=C(Nc1cccc(C(F)(F)F)c1)Nc1cc(Nc2ccc3c(c2)NC(=O)/C3=C\c2ccc[nH]2)ccc1F. The molecule has 11 heteroatoms. The first-order valence-electron chi connectivity index (χ1n) is 11.3. The highest BCUT2D eigenvalue weighted by Gasteiger charge is 2.30. The summed E-state index contributed by atoms with van der Waals surface area (Å²) in [6.45, 7) is 0. The van der Waals surface area contributed by atoms with Crippen molar-refractivity contribution < 1.29 is 27.2 Å². The Labute approximate surface area is 213 Å². The van der Waals surface area contributed by atoms with Crippen molar-refractivity contribution in [3.63, 3.8) is 0 Å². The summed E-state index contributed by atoms with van der Waals surface area (Å²) in [5.74, 6) is -0.984. The van der Waals surface area contributed by atoms with Gasteiger partial charge in [0.05, 0.1) is 22.5 Å². The van der Waals surface area contributed by atoms with Crippen LogP contribution >= 0.6 is 0 Å². The average molecular weight is 521 g/mol. The number of anilines is 5. The lowest BCUT2D eigenvalue weighted by Crippen LogP contribution is -2.20. The number of H-pyrrole nitrogens is 1. The molecule has 2 heterocycles. The quantitative estimate of drug-likeness (QED) is 0.144. The molecule has 1 aliphatic heterocycles. The molecule has 0 saturated carbocycles. The van der Waals surface area contributed by atoms with Gasteiger partial charge in [-0.1, -0.05) is 12.1 Å². The molecule has 1 aliphatic rings. The summed E-state index contributed by atoms with van der Waals surface area (Å²) in [7, 11) is 0. The van der Waals surface area contributed by atoms with E-state index >= 15 is 0 Å². The third-order valence-electron chi connectivity index (χ3n) is 5.68. The first kappa shape index (κ1) is 24.6. The van der Waals surface area contributed by atoms with Crippen LogP contribution in [0.1, 0.15) is 16.8 Å². The van der Waals surface area contributed by atoms with E-state index in [4.69, 9.17) is 0 Å². The van der Waals surface area contributed by atoms with Gasteiger partial charge in [-0.3, -0.25) is 4.79 Å². The van der Waals surface area contributed by atoms with E-state index < -0.39 is 23.6 Å². The Balaban J connectivity index is 1.29. The summed E-state index contributed by atoms with van der Waals surface area (Å²) in [5, 5.41) is 10.5. The van der Waals surface area contributed by atoms with Gasteiger partial charge in [-0.15, -0.1) is 0 Å². The smallest absolute Gasteiger partial charge is 0.362 e. The minimum atomic E-state index is -4.57. The predicted molar refractivity (Wildman–Crippen MR) is 138 cm³/mol. The van der Waals surface area contributed by atoms with E-state index in [0.717, 1.165) is 35.5 Å². The van der Waals surface area contributed by atoms with E-state index in [1.165, 1.54) is 18.2 Å². The third kappa shape index (κ3) is 5.36. The zero-order valence-corrected chi connectivity index (χ0v) is 19.4. The highest BCUT2D eigenvalue weighted by atomic mass is 19.4. The largest absolute Gasteiger partial charge is 0.416 e. The molecule has 0 bridgehead atoms. The zero-order chi connectivity index (χ0) is 26.9. The van der Waals surface area contributed by atoms with Gasteiger partial charge in [0.25, 0.3) is 5.91 Å². The molecular weight excluding hydrogens is 502 g/mol. The van der Waals surface area contributed by atoms with Crippen LogP contribution in [0.5, 0.6) is 0 Å². The van der Waals surface area contributed by atoms with E-state index in [0.29, 0.717) is 22.6 Å². The van der Waals surface area contributed by atoms with Crippen molar-refractivity contribution in [1.82, 2.24) is 4.98 Å². The van der Waals surface area contributed by atoms with Crippen molar-refractivity contribution in [2.75, 3.05) is 21.3 Å². The van der Waals surface area contributed by atoms with Crippen LogP contribution in [-0.4, -0.2) is 16.9 Å². The molecule has 1 aromatic heterocycles. The summed E-state index contributed by atoms with van der Waals surface area (Å²) in [6.07, 6.45) is -1.06. The minimum Gasteiger partial charge on any atom is -0.362 e. The van der Waals surface area contributed by atoms with Gasteiger partial charge in [0.15, 0.2) is 0 Å². The first-order chi connectivity index (χ1) is 18.2. The van der Waals surface area contributed by atoms with E-state index in [1.807, 2.05) is 12.1 Å². The van der Waals surface area contributed by atoms with E-state index in [2.05, 4.69) is 26.3 Å². The molecule has 0 aliphatic carbocycles. The Morgan fingerprint density at radius 1 is 0.868 bits per heavy atom. The second kappa shape index (κ2) is 9.77. The summed E-state index contributed by atoms with van der Waals surface area (Å²) >= 11 is 0. The van der Waals surface area contributed by atoms with Crippen LogP contribution in [0.2, 0.25) is 0 Å². The van der Waals surface area contributed by atoms with Crippen LogP contribution in [0.4, 0.5) is 50.8 Å². The Morgan fingerprint density at radius 2 is 1.66 bits per heavy atom. The average Bonchev–Trinajstić information content (AvgIpc) is 3.48. The van der Waals surface area contributed by atoms with Crippen LogP contribution in [0.15, 0.2) is 79.0 Å². The number of hydrogen-bond acceptors (Lipinski definition) is 3. The van der Waals surface area contributed by atoms with Crippen LogP contribution < -0.4 is 21.3 Å². The van der Waals surface area contributed by atoms with Gasteiger partial charge in [0, 0.05) is 34.5 Å². The maximum Gasteiger partial charge on any atom is 0.416 e. The molecule has 0 radical (unpaired) electrons. The molecule has 5 N–H and O–H groups in total. The van der Waals surface area contributed by atoms with Crippen molar-refractivity contribution in [2.24, 2.45) is 0 Å². The molecule has 3 aromatic carbocycles. The molecule has 38 heavy (non-hydrogen) atoms. The van der Waals surface area contributed by atoms with Gasteiger partial charge >= 0.3 is 12.2 Å². The fraction of sp³-hybridized carbons (Fsp3) is 0.0370. The van der Waals surface area contributed by atoms with Crippen LogP contribution in [0.25, 0.3) is 11.6 Å². The monoisotopic (exact) mass is 521 g/mol. The Bertz CT molecular complexity index is 1560. The van der Waals surface area contributed by atoms with E-state index in [-0.39, 0.29) is 17.3 Å². The third-order valence-corrected chi connectivity index (χ3v) is 5.68. The summed E-state index contributed by atoms with van der Waals surface area (Å²) in [5.41, 5.74) is 2.42. The lowest BCUT2D eigenvalue weighted by Gasteiger charge is -2.13. The number of benzene rings is 3. The van der Waals surface area contributed by atoms with Crippen LogP contribution in [0, 0.1) is 5.82 Å². The molecule has 0 atom stereocenters. The number of hydrogen-bond donors (Lipinski definition) is 5. The number of fused-ring (bicyclic) bond motifs is 1. The maximum atomic E-state index is 14.4. The van der Waals surface area contributed by atoms with Crippen molar-refractivity contribution >= 4 is 52.0 Å². The fourth-order valence-corrected chi connectivity index (χ4v) is 3.93. The highest BCUT2D eigenvalue weighted by Crippen LogP contribution is 2.36. The molecule has 3 amide bonds. The van der Waals surface area contributed by atoms with Crippen molar-refractivity contribution in [1.29, 1.82) is 0 Å². The molecule has 4 aromatic rings. The minimum absolute atomic E-state index is 0.100. The van der Waals surface area contributed by atoms with Gasteiger partial charge in [-0.25, -0.2) is 9.18 Å². The summed E-state index contributed by atoms with van der Waals surface area (Å²) in [4.78, 5) is 27.8. The van der Waals surface area contributed by atoms with Crippen molar-refractivity contribution in [2.45, 2.75) is 6.18 Å². The normalized spacial score (nSPS) is 13.7. The second-order valence-corrected chi connectivity index (χ2v) is 8.38. The molecule has 0 spiro atoms. The standard InChI is InChI=1S/C27H19F4N5O2/c28-22-9-7-19(14-24(22)36-26(38)34-17-4-1-3-15(11-17)27(29,30)31)33-18-6-8-20-21(12-16-5-2-10-32-16)25(37)35-23(20)13-18/h1-14,32-33H,(H,35,37)(H2,34,36,38)/b21-12-. The van der Waals surface area contributed by atoms with E-state index in [9.17, 15) is 27.2 Å². The fourth-order valence-electron chi connectivity index (χ4n) is 3.93. The lowest BCUT2D eigenvalue weighted by atomic mass is 10.1. The molecular formula is C27H19F4N5O2. The number of urea groups is 1. The number of aromatic nitrogens is 1. The number of carbonyl (C=O) groups is 2. The number of aromatic amines is 1. The van der Waals surface area contributed by atoms with Gasteiger partial charge in [-0.05, 0) is 66.7 Å². The summed E-state index contributed by atoms with van der Waals surface area (Å²) < 4.78 is 53.1. The van der Waals surface area contributed by atoms with E-state index in [1.54, 1.807) is 30.5 Å². The molecule has 0 fully saturated rings. The molecule has 192 valence electrons. The Hall–Kier alpha value is -5.06. The van der Waals surface area contributed by atoms with Gasteiger partial charge in [0.2, 0.25) is 0 Å². The zero-order valence-electron chi connectivity index (χ0n) is 19.4. The van der Waals surface area contributed by atoms with Crippen molar-refractivity contribution in [3.8, 4) is 0 Å². The topological polar surface area (TPSA) is 98.0 Å². The lowest BCUT2D eigenvalue weighted by molar-refractivity contribution is -0.137. The number of halogens is 4. The number of nitrogens with one attached hydrogen (secondary N) is 5.